The fraction of sp³-hybridized carbons (Fsp3) is 0.417. The van der Waals surface area contributed by atoms with Crippen LogP contribution < -0.4 is 16.6 Å². The zero-order valence-corrected chi connectivity index (χ0v) is 10.2. The van der Waals surface area contributed by atoms with Gasteiger partial charge in [-0.3, -0.25) is 5.84 Å². The highest BCUT2D eigenvalue weighted by Crippen LogP contribution is 2.25. The van der Waals surface area contributed by atoms with Gasteiger partial charge in [0.25, 0.3) is 0 Å². The van der Waals surface area contributed by atoms with Crippen molar-refractivity contribution in [3.63, 3.8) is 0 Å². The number of fused-ring (bicyclic) bond motifs is 1. The lowest BCUT2D eigenvalue weighted by atomic mass is 9.84. The summed E-state index contributed by atoms with van der Waals surface area (Å²) in [7, 11) is 0. The molecule has 0 fully saturated rings. The average molecular weight is 234 g/mol. The number of rotatable bonds is 5. The molecule has 17 heavy (non-hydrogen) atoms. The van der Waals surface area contributed by atoms with Gasteiger partial charge < -0.3 is 9.73 Å². The van der Waals surface area contributed by atoms with Gasteiger partial charge in [-0.15, -0.1) is 0 Å². The van der Waals surface area contributed by atoms with E-state index in [2.05, 4.69) is 35.6 Å². The van der Waals surface area contributed by atoms with Crippen LogP contribution in [0, 0.1) is 0 Å². The van der Waals surface area contributed by atoms with Crippen molar-refractivity contribution >= 4 is 11.1 Å². The van der Waals surface area contributed by atoms with E-state index in [1.807, 2.05) is 12.1 Å². The first kappa shape index (κ1) is 12.0. The summed E-state index contributed by atoms with van der Waals surface area (Å²) in [4.78, 5) is 4.11. The minimum atomic E-state index is 0.0117. The Morgan fingerprint density at radius 1 is 1.41 bits per heavy atom. The van der Waals surface area contributed by atoms with Crippen molar-refractivity contribution in [2.75, 3.05) is 13.2 Å². The van der Waals surface area contributed by atoms with Gasteiger partial charge >= 0.3 is 0 Å². The van der Waals surface area contributed by atoms with Crippen LogP contribution in [0.4, 0.5) is 0 Å². The number of aromatic nitrogens is 1. The third-order valence-corrected chi connectivity index (χ3v) is 2.91. The summed E-state index contributed by atoms with van der Waals surface area (Å²) in [5.41, 5.74) is 5.52. The Bertz CT molecular complexity index is 492. The first-order valence-electron chi connectivity index (χ1n) is 5.61. The molecule has 0 saturated carbocycles. The standard InChI is InChI=1S/C12H18N4O/c1-12(2,6-14-7-16-13)9-3-4-10-11(5-9)17-8-15-10/h3-5,8,14,16H,6-7,13H2,1-2H3. The van der Waals surface area contributed by atoms with E-state index >= 15 is 0 Å². The lowest BCUT2D eigenvalue weighted by Gasteiger charge is -2.25. The molecule has 0 radical (unpaired) electrons. The van der Waals surface area contributed by atoms with E-state index in [0.717, 1.165) is 17.6 Å². The van der Waals surface area contributed by atoms with Crippen LogP contribution in [-0.2, 0) is 5.41 Å². The average Bonchev–Trinajstić information content (AvgIpc) is 2.76. The molecule has 1 heterocycles. The third-order valence-electron chi connectivity index (χ3n) is 2.91. The van der Waals surface area contributed by atoms with Crippen molar-refractivity contribution in [3.05, 3.63) is 30.2 Å². The number of nitrogens with zero attached hydrogens (tertiary/aromatic N) is 1. The van der Waals surface area contributed by atoms with Crippen LogP contribution in [0.3, 0.4) is 0 Å². The number of benzene rings is 1. The molecule has 4 N–H and O–H groups in total. The summed E-state index contributed by atoms with van der Waals surface area (Å²) < 4.78 is 5.32. The molecule has 2 rings (SSSR count). The number of oxazole rings is 1. The smallest absolute Gasteiger partial charge is 0.181 e. The third kappa shape index (κ3) is 2.63. The van der Waals surface area contributed by atoms with E-state index in [4.69, 9.17) is 10.3 Å². The molecule has 0 amide bonds. The van der Waals surface area contributed by atoms with Crippen molar-refractivity contribution < 1.29 is 4.42 Å². The summed E-state index contributed by atoms with van der Waals surface area (Å²) in [6.45, 7) is 5.77. The Hall–Kier alpha value is -1.43. The Kier molecular flexibility index (Phi) is 3.42. The molecule has 0 aliphatic rings. The summed E-state index contributed by atoms with van der Waals surface area (Å²) >= 11 is 0. The fourth-order valence-corrected chi connectivity index (χ4v) is 1.83. The minimum Gasteiger partial charge on any atom is -0.443 e. The zero-order valence-electron chi connectivity index (χ0n) is 10.2. The number of hydrazine groups is 1. The van der Waals surface area contributed by atoms with E-state index in [0.29, 0.717) is 6.67 Å². The summed E-state index contributed by atoms with van der Waals surface area (Å²) in [5.74, 6) is 5.22. The largest absolute Gasteiger partial charge is 0.443 e. The lowest BCUT2D eigenvalue weighted by Crippen LogP contribution is -2.40. The molecule has 0 spiro atoms. The fourth-order valence-electron chi connectivity index (χ4n) is 1.83. The van der Waals surface area contributed by atoms with E-state index in [9.17, 15) is 0 Å². The first-order valence-corrected chi connectivity index (χ1v) is 5.61. The number of nitrogens with two attached hydrogens (primary N) is 1. The molecule has 92 valence electrons. The van der Waals surface area contributed by atoms with Crippen LogP contribution in [-0.4, -0.2) is 18.2 Å². The molecule has 0 unspecified atom stereocenters. The molecule has 0 aliphatic heterocycles. The van der Waals surface area contributed by atoms with E-state index < -0.39 is 0 Å². The number of hydrogen-bond acceptors (Lipinski definition) is 5. The number of nitrogens with one attached hydrogen (secondary N) is 2. The zero-order chi connectivity index (χ0) is 12.3. The Morgan fingerprint density at radius 2 is 2.24 bits per heavy atom. The van der Waals surface area contributed by atoms with Crippen molar-refractivity contribution in [3.8, 4) is 0 Å². The lowest BCUT2D eigenvalue weighted by molar-refractivity contribution is 0.454. The van der Waals surface area contributed by atoms with Gasteiger partial charge in [-0.1, -0.05) is 19.9 Å². The second kappa shape index (κ2) is 4.83. The van der Waals surface area contributed by atoms with Crippen LogP contribution in [0.5, 0.6) is 0 Å². The van der Waals surface area contributed by atoms with Gasteiger partial charge in [-0.05, 0) is 17.7 Å². The van der Waals surface area contributed by atoms with Crippen molar-refractivity contribution in [2.24, 2.45) is 5.84 Å². The maximum Gasteiger partial charge on any atom is 0.181 e. The van der Waals surface area contributed by atoms with E-state index in [1.165, 1.54) is 12.0 Å². The monoisotopic (exact) mass is 234 g/mol. The molecule has 0 saturated heterocycles. The molecular formula is C12H18N4O. The normalized spacial score (nSPS) is 12.2. The Labute approximate surface area is 100 Å². The molecule has 0 atom stereocenters. The highest BCUT2D eigenvalue weighted by Gasteiger charge is 2.20. The van der Waals surface area contributed by atoms with E-state index in [1.54, 1.807) is 0 Å². The molecular weight excluding hydrogens is 216 g/mol. The van der Waals surface area contributed by atoms with Gasteiger partial charge in [0.05, 0.1) is 6.67 Å². The Morgan fingerprint density at radius 3 is 3.00 bits per heavy atom. The predicted molar refractivity (Wildman–Crippen MR) is 67.2 cm³/mol. The van der Waals surface area contributed by atoms with E-state index in [-0.39, 0.29) is 5.41 Å². The first-order chi connectivity index (χ1) is 8.13. The van der Waals surface area contributed by atoms with Gasteiger partial charge in [0.1, 0.15) is 5.52 Å². The highest BCUT2D eigenvalue weighted by molar-refractivity contribution is 5.73. The van der Waals surface area contributed by atoms with Gasteiger partial charge in [0.2, 0.25) is 0 Å². The van der Waals surface area contributed by atoms with Gasteiger partial charge in [0, 0.05) is 12.0 Å². The molecule has 5 nitrogen and oxygen atoms in total. The summed E-state index contributed by atoms with van der Waals surface area (Å²) in [6, 6.07) is 6.11. The topological polar surface area (TPSA) is 76.1 Å². The van der Waals surface area contributed by atoms with Gasteiger partial charge in [-0.25, -0.2) is 10.4 Å². The Balaban J connectivity index is 2.18. The van der Waals surface area contributed by atoms with Gasteiger partial charge in [0.15, 0.2) is 12.0 Å². The maximum absolute atomic E-state index is 5.32. The molecule has 1 aromatic carbocycles. The molecule has 0 bridgehead atoms. The van der Waals surface area contributed by atoms with Crippen molar-refractivity contribution in [1.82, 2.24) is 15.7 Å². The second-order valence-corrected chi connectivity index (χ2v) is 4.73. The van der Waals surface area contributed by atoms with Crippen LogP contribution in [0.2, 0.25) is 0 Å². The maximum atomic E-state index is 5.32. The van der Waals surface area contributed by atoms with Crippen LogP contribution in [0.1, 0.15) is 19.4 Å². The molecule has 2 aromatic rings. The van der Waals surface area contributed by atoms with Crippen molar-refractivity contribution in [2.45, 2.75) is 19.3 Å². The van der Waals surface area contributed by atoms with Gasteiger partial charge in [-0.2, -0.15) is 0 Å². The molecule has 1 aromatic heterocycles. The van der Waals surface area contributed by atoms with Crippen LogP contribution in [0.15, 0.2) is 29.0 Å². The number of hydrogen-bond donors (Lipinski definition) is 3. The minimum absolute atomic E-state index is 0.0117. The van der Waals surface area contributed by atoms with Crippen LogP contribution in [0.25, 0.3) is 11.1 Å². The molecule has 0 aliphatic carbocycles. The summed E-state index contributed by atoms with van der Waals surface area (Å²) in [6.07, 6.45) is 1.47. The SMILES string of the molecule is CC(C)(CNCNN)c1ccc2ncoc2c1. The summed E-state index contributed by atoms with van der Waals surface area (Å²) in [5, 5.41) is 3.23. The molecule has 5 heteroatoms. The highest BCUT2D eigenvalue weighted by atomic mass is 16.3. The second-order valence-electron chi connectivity index (χ2n) is 4.73. The van der Waals surface area contributed by atoms with Crippen LogP contribution >= 0.6 is 0 Å². The quantitative estimate of drug-likeness (QED) is 0.313. The predicted octanol–water partition coefficient (Wildman–Crippen LogP) is 1.12. The van der Waals surface area contributed by atoms with Crippen molar-refractivity contribution in [1.29, 1.82) is 0 Å².